The number of aromatic nitrogens is 2. The Bertz CT molecular complexity index is 720. The van der Waals surface area contributed by atoms with E-state index in [0.717, 1.165) is 16.2 Å². The molecule has 6 heteroatoms. The van der Waals surface area contributed by atoms with Gasteiger partial charge in [0, 0.05) is 17.1 Å². The Morgan fingerprint density at radius 2 is 2.11 bits per heavy atom. The number of aliphatic hydroxyl groups is 1. The molecule has 0 amide bonds. The molecule has 0 radical (unpaired) electrons. The van der Waals surface area contributed by atoms with Gasteiger partial charge in [0.1, 0.15) is 0 Å². The van der Waals surface area contributed by atoms with Crippen LogP contribution in [0.3, 0.4) is 0 Å². The number of halogens is 2. The summed E-state index contributed by atoms with van der Waals surface area (Å²) in [5.74, 6) is 0. The monoisotopic (exact) mass is 298 g/mol. The second-order valence-electron chi connectivity index (χ2n) is 3.79. The summed E-state index contributed by atoms with van der Waals surface area (Å²) in [4.78, 5) is 5.14. The van der Waals surface area contributed by atoms with Crippen LogP contribution in [0.5, 0.6) is 0 Å². The minimum atomic E-state index is -0.0603. The summed E-state index contributed by atoms with van der Waals surface area (Å²) in [5.41, 5.74) is 2.61. The smallest absolute Gasteiger partial charge is 0.194 e. The van der Waals surface area contributed by atoms with Gasteiger partial charge in [0.25, 0.3) is 0 Å². The second-order valence-corrected chi connectivity index (χ2v) is 5.44. The summed E-state index contributed by atoms with van der Waals surface area (Å²) >= 11 is 13.4. The van der Waals surface area contributed by atoms with Crippen molar-refractivity contribution in [1.82, 2.24) is 9.38 Å². The first-order valence-electron chi connectivity index (χ1n) is 5.21. The van der Waals surface area contributed by atoms with Crippen LogP contribution < -0.4 is 0 Å². The molecular weight excluding hydrogens is 291 g/mol. The zero-order valence-corrected chi connectivity index (χ0v) is 11.4. The average molecular weight is 299 g/mol. The molecule has 3 rings (SSSR count). The Balaban J connectivity index is 2.18. The van der Waals surface area contributed by atoms with E-state index in [1.807, 2.05) is 28.1 Å². The van der Waals surface area contributed by atoms with Gasteiger partial charge in [-0.3, -0.25) is 4.40 Å². The van der Waals surface area contributed by atoms with E-state index >= 15 is 0 Å². The van der Waals surface area contributed by atoms with Crippen molar-refractivity contribution in [2.24, 2.45) is 0 Å². The van der Waals surface area contributed by atoms with Gasteiger partial charge in [0.05, 0.1) is 28.0 Å². The number of rotatable bonds is 2. The van der Waals surface area contributed by atoms with Crippen molar-refractivity contribution in [2.45, 2.75) is 6.61 Å². The highest BCUT2D eigenvalue weighted by molar-refractivity contribution is 7.15. The first-order valence-corrected chi connectivity index (χ1v) is 6.84. The lowest BCUT2D eigenvalue weighted by Crippen LogP contribution is -1.84. The minimum Gasteiger partial charge on any atom is -0.390 e. The van der Waals surface area contributed by atoms with Crippen LogP contribution >= 0.6 is 34.5 Å². The first-order chi connectivity index (χ1) is 8.69. The molecule has 0 atom stereocenters. The predicted molar refractivity (Wildman–Crippen MR) is 74.4 cm³/mol. The molecule has 0 aliphatic carbocycles. The first kappa shape index (κ1) is 12.0. The average Bonchev–Trinajstić information content (AvgIpc) is 2.92. The Kier molecular flexibility index (Phi) is 3.03. The summed E-state index contributed by atoms with van der Waals surface area (Å²) in [7, 11) is 0. The molecule has 1 aromatic carbocycles. The Labute approximate surface area is 117 Å². The third-order valence-electron chi connectivity index (χ3n) is 2.64. The summed E-state index contributed by atoms with van der Waals surface area (Å²) in [6.45, 7) is -0.0603. The quantitative estimate of drug-likeness (QED) is 0.780. The van der Waals surface area contributed by atoms with E-state index in [2.05, 4.69) is 4.98 Å². The van der Waals surface area contributed by atoms with Crippen molar-refractivity contribution in [2.75, 3.05) is 0 Å². The van der Waals surface area contributed by atoms with Crippen LogP contribution in [-0.2, 0) is 6.61 Å². The number of aliphatic hydroxyl groups excluding tert-OH is 1. The summed E-state index contributed by atoms with van der Waals surface area (Å²) in [6, 6.07) is 5.50. The number of thiazole rings is 1. The van der Waals surface area contributed by atoms with Gasteiger partial charge in [-0.1, -0.05) is 29.3 Å². The van der Waals surface area contributed by atoms with Crippen molar-refractivity contribution in [3.8, 4) is 11.3 Å². The molecule has 0 bridgehead atoms. The molecule has 92 valence electrons. The van der Waals surface area contributed by atoms with Crippen LogP contribution in [0.2, 0.25) is 10.0 Å². The standard InChI is InChI=1S/C12H8Cl2N2OS/c13-9-2-1-7(3-10(9)14)11-6-18-12-15-8(5-17)4-16(11)12/h1-4,6,17H,5H2. The van der Waals surface area contributed by atoms with E-state index < -0.39 is 0 Å². The maximum atomic E-state index is 9.09. The number of hydrogen-bond acceptors (Lipinski definition) is 3. The molecule has 1 N–H and O–H groups in total. The fourth-order valence-electron chi connectivity index (χ4n) is 1.77. The molecule has 0 aliphatic rings. The number of fused-ring (bicyclic) bond motifs is 1. The van der Waals surface area contributed by atoms with Crippen molar-refractivity contribution < 1.29 is 5.11 Å². The van der Waals surface area contributed by atoms with E-state index in [4.69, 9.17) is 28.3 Å². The molecule has 3 nitrogen and oxygen atoms in total. The van der Waals surface area contributed by atoms with E-state index in [1.54, 1.807) is 6.07 Å². The molecule has 18 heavy (non-hydrogen) atoms. The second kappa shape index (κ2) is 4.55. The van der Waals surface area contributed by atoms with Gasteiger partial charge < -0.3 is 5.11 Å². The zero-order valence-electron chi connectivity index (χ0n) is 9.10. The topological polar surface area (TPSA) is 37.5 Å². The highest BCUT2D eigenvalue weighted by Gasteiger charge is 2.10. The Morgan fingerprint density at radius 1 is 1.28 bits per heavy atom. The molecular formula is C12H8Cl2N2OS. The van der Waals surface area contributed by atoms with Gasteiger partial charge in [0.2, 0.25) is 0 Å². The zero-order chi connectivity index (χ0) is 12.7. The van der Waals surface area contributed by atoms with Crippen molar-refractivity contribution in [3.05, 3.63) is 45.5 Å². The van der Waals surface area contributed by atoms with Crippen molar-refractivity contribution in [1.29, 1.82) is 0 Å². The van der Waals surface area contributed by atoms with Crippen LogP contribution in [0.1, 0.15) is 5.69 Å². The highest BCUT2D eigenvalue weighted by Crippen LogP contribution is 2.31. The normalized spacial score (nSPS) is 11.3. The largest absolute Gasteiger partial charge is 0.390 e. The molecule has 0 spiro atoms. The molecule has 0 unspecified atom stereocenters. The number of imidazole rings is 1. The third kappa shape index (κ3) is 1.91. The molecule has 2 heterocycles. The SMILES string of the molecule is OCc1cn2c(-c3ccc(Cl)c(Cl)c3)csc2n1. The number of benzene rings is 1. The maximum Gasteiger partial charge on any atom is 0.194 e. The molecule has 3 aromatic rings. The molecule has 0 saturated carbocycles. The lowest BCUT2D eigenvalue weighted by atomic mass is 10.2. The fourth-order valence-corrected chi connectivity index (χ4v) is 2.97. The van der Waals surface area contributed by atoms with Crippen LogP contribution in [0.15, 0.2) is 29.8 Å². The van der Waals surface area contributed by atoms with Gasteiger partial charge in [-0.15, -0.1) is 11.3 Å². The van der Waals surface area contributed by atoms with E-state index in [1.165, 1.54) is 11.3 Å². The Morgan fingerprint density at radius 3 is 2.83 bits per heavy atom. The van der Waals surface area contributed by atoms with E-state index in [-0.39, 0.29) is 6.61 Å². The third-order valence-corrected chi connectivity index (χ3v) is 4.22. The highest BCUT2D eigenvalue weighted by atomic mass is 35.5. The van der Waals surface area contributed by atoms with Crippen LogP contribution in [0, 0.1) is 0 Å². The van der Waals surface area contributed by atoms with Crippen molar-refractivity contribution >= 4 is 39.5 Å². The van der Waals surface area contributed by atoms with Crippen LogP contribution in [-0.4, -0.2) is 14.5 Å². The molecule has 0 aliphatic heterocycles. The van der Waals surface area contributed by atoms with Gasteiger partial charge in [-0.25, -0.2) is 4.98 Å². The van der Waals surface area contributed by atoms with E-state index in [0.29, 0.717) is 15.7 Å². The summed E-state index contributed by atoms with van der Waals surface area (Å²) in [6.07, 6.45) is 1.82. The summed E-state index contributed by atoms with van der Waals surface area (Å²) in [5, 5.41) is 12.2. The lowest BCUT2D eigenvalue weighted by Gasteiger charge is -2.01. The Hall–Kier alpha value is -1.07. The molecule has 2 aromatic heterocycles. The number of hydrogen-bond donors (Lipinski definition) is 1. The van der Waals surface area contributed by atoms with Gasteiger partial charge in [-0.2, -0.15) is 0 Å². The fraction of sp³-hybridized carbons (Fsp3) is 0.0833. The maximum absolute atomic E-state index is 9.09. The van der Waals surface area contributed by atoms with Crippen LogP contribution in [0.4, 0.5) is 0 Å². The van der Waals surface area contributed by atoms with Crippen LogP contribution in [0.25, 0.3) is 16.2 Å². The van der Waals surface area contributed by atoms with Gasteiger partial charge in [0.15, 0.2) is 4.96 Å². The van der Waals surface area contributed by atoms with Crippen molar-refractivity contribution in [3.63, 3.8) is 0 Å². The predicted octanol–water partition coefficient (Wildman–Crippen LogP) is 3.86. The van der Waals surface area contributed by atoms with Gasteiger partial charge in [-0.05, 0) is 12.1 Å². The minimum absolute atomic E-state index is 0.0603. The van der Waals surface area contributed by atoms with E-state index in [9.17, 15) is 0 Å². The summed E-state index contributed by atoms with van der Waals surface area (Å²) < 4.78 is 1.94. The molecule has 0 saturated heterocycles. The number of nitrogens with zero attached hydrogens (tertiary/aromatic N) is 2. The lowest BCUT2D eigenvalue weighted by molar-refractivity contribution is 0.277. The molecule has 0 fully saturated rings. The van der Waals surface area contributed by atoms with Gasteiger partial charge >= 0.3 is 0 Å².